The standard InChI is InChI=1S/C23H22N4O/c28-21-5-3-20(4-6-21)26-11-13-27(14-12-26)23-16-19(8-10-25-23)18-2-1-17-7-9-24-22(17)15-18/h1-10,15-16,24,28H,11-14H2. The van der Waals surface area contributed by atoms with Crippen molar-refractivity contribution in [2.24, 2.45) is 0 Å². The molecule has 0 aliphatic carbocycles. The molecule has 28 heavy (non-hydrogen) atoms. The maximum Gasteiger partial charge on any atom is 0.129 e. The van der Waals surface area contributed by atoms with Crippen LogP contribution in [0.3, 0.4) is 0 Å². The molecule has 0 amide bonds. The fourth-order valence-corrected chi connectivity index (χ4v) is 3.86. The Hall–Kier alpha value is -3.47. The second kappa shape index (κ2) is 6.93. The Morgan fingerprint density at radius 2 is 1.54 bits per heavy atom. The minimum Gasteiger partial charge on any atom is -0.508 e. The first-order valence-corrected chi connectivity index (χ1v) is 9.59. The Morgan fingerprint density at radius 1 is 0.786 bits per heavy atom. The van der Waals surface area contributed by atoms with Crippen molar-refractivity contribution in [2.75, 3.05) is 36.0 Å². The lowest BCUT2D eigenvalue weighted by Crippen LogP contribution is -2.46. The van der Waals surface area contributed by atoms with E-state index in [0.717, 1.165) is 43.2 Å². The van der Waals surface area contributed by atoms with Gasteiger partial charge < -0.3 is 19.9 Å². The predicted octanol–water partition coefficient (Wildman–Crippen LogP) is 4.26. The van der Waals surface area contributed by atoms with Crippen LogP contribution < -0.4 is 9.80 Å². The van der Waals surface area contributed by atoms with Crippen molar-refractivity contribution in [3.05, 3.63) is 73.1 Å². The lowest BCUT2D eigenvalue weighted by molar-refractivity contribution is 0.475. The topological polar surface area (TPSA) is 55.4 Å². The van der Waals surface area contributed by atoms with Crippen LogP contribution in [0.15, 0.2) is 73.1 Å². The van der Waals surface area contributed by atoms with E-state index in [-0.39, 0.29) is 0 Å². The molecule has 2 N–H and O–H groups in total. The van der Waals surface area contributed by atoms with Crippen LogP contribution in [-0.4, -0.2) is 41.3 Å². The first-order valence-electron chi connectivity index (χ1n) is 9.59. The van der Waals surface area contributed by atoms with Crippen molar-refractivity contribution in [1.82, 2.24) is 9.97 Å². The predicted molar refractivity (Wildman–Crippen MR) is 114 cm³/mol. The zero-order valence-electron chi connectivity index (χ0n) is 15.5. The minimum absolute atomic E-state index is 0.306. The molecule has 0 spiro atoms. The van der Waals surface area contributed by atoms with Crippen LogP contribution in [0.5, 0.6) is 5.75 Å². The molecule has 4 aromatic rings. The molecule has 3 heterocycles. The average molecular weight is 370 g/mol. The quantitative estimate of drug-likeness (QED) is 0.566. The van der Waals surface area contributed by atoms with Gasteiger partial charge in [-0.2, -0.15) is 0 Å². The van der Waals surface area contributed by atoms with Crippen molar-refractivity contribution in [2.45, 2.75) is 0 Å². The van der Waals surface area contributed by atoms with Crippen LogP contribution in [0.25, 0.3) is 22.0 Å². The highest BCUT2D eigenvalue weighted by molar-refractivity contribution is 5.85. The maximum absolute atomic E-state index is 9.47. The lowest BCUT2D eigenvalue weighted by Gasteiger charge is -2.36. The summed E-state index contributed by atoms with van der Waals surface area (Å²) in [5, 5.41) is 10.7. The van der Waals surface area contributed by atoms with Crippen LogP contribution >= 0.6 is 0 Å². The van der Waals surface area contributed by atoms with E-state index in [4.69, 9.17) is 0 Å². The zero-order valence-corrected chi connectivity index (χ0v) is 15.5. The number of piperazine rings is 1. The van der Waals surface area contributed by atoms with Gasteiger partial charge in [0.1, 0.15) is 11.6 Å². The number of nitrogens with one attached hydrogen (secondary N) is 1. The summed E-state index contributed by atoms with van der Waals surface area (Å²) in [6, 6.07) is 20.3. The van der Waals surface area contributed by atoms with Crippen molar-refractivity contribution in [1.29, 1.82) is 0 Å². The Morgan fingerprint density at radius 3 is 2.36 bits per heavy atom. The second-order valence-corrected chi connectivity index (χ2v) is 7.17. The van der Waals surface area contributed by atoms with Crippen molar-refractivity contribution < 1.29 is 5.11 Å². The van der Waals surface area contributed by atoms with E-state index in [1.54, 1.807) is 12.1 Å². The Labute approximate surface area is 163 Å². The summed E-state index contributed by atoms with van der Waals surface area (Å²) in [5.41, 5.74) is 4.68. The van der Waals surface area contributed by atoms with Gasteiger partial charge >= 0.3 is 0 Å². The minimum atomic E-state index is 0.306. The summed E-state index contributed by atoms with van der Waals surface area (Å²) in [6.45, 7) is 3.72. The van der Waals surface area contributed by atoms with Crippen LogP contribution in [0.2, 0.25) is 0 Å². The molecule has 5 nitrogen and oxygen atoms in total. The lowest BCUT2D eigenvalue weighted by atomic mass is 10.1. The Kier molecular flexibility index (Phi) is 4.13. The second-order valence-electron chi connectivity index (χ2n) is 7.17. The van der Waals surface area contributed by atoms with Gasteiger partial charge in [-0.3, -0.25) is 0 Å². The molecule has 2 aromatic carbocycles. The van der Waals surface area contributed by atoms with Gasteiger partial charge in [-0.05, 0) is 65.0 Å². The Balaban J connectivity index is 1.33. The van der Waals surface area contributed by atoms with Crippen LogP contribution in [0.4, 0.5) is 11.5 Å². The molecule has 0 bridgehead atoms. The molecule has 0 saturated carbocycles. The molecule has 1 fully saturated rings. The van der Waals surface area contributed by atoms with Gasteiger partial charge in [0, 0.05) is 49.8 Å². The van der Waals surface area contributed by atoms with E-state index < -0.39 is 0 Å². The molecule has 5 heteroatoms. The highest BCUT2D eigenvalue weighted by Gasteiger charge is 2.18. The van der Waals surface area contributed by atoms with Gasteiger partial charge in [0.2, 0.25) is 0 Å². The first kappa shape index (κ1) is 16.7. The van der Waals surface area contributed by atoms with E-state index in [1.807, 2.05) is 24.5 Å². The SMILES string of the molecule is Oc1ccc(N2CCN(c3cc(-c4ccc5cc[nH]c5c4)ccn3)CC2)cc1. The molecule has 2 aromatic heterocycles. The number of rotatable bonds is 3. The molecule has 1 aliphatic heterocycles. The zero-order chi connectivity index (χ0) is 18.9. The summed E-state index contributed by atoms with van der Waals surface area (Å²) >= 11 is 0. The summed E-state index contributed by atoms with van der Waals surface area (Å²) < 4.78 is 0. The summed E-state index contributed by atoms with van der Waals surface area (Å²) in [5.74, 6) is 1.33. The fraction of sp³-hybridized carbons (Fsp3) is 0.174. The number of phenols is 1. The number of pyridine rings is 1. The smallest absolute Gasteiger partial charge is 0.129 e. The maximum atomic E-state index is 9.47. The molecule has 0 radical (unpaired) electrons. The third-order valence-corrected chi connectivity index (χ3v) is 5.45. The van der Waals surface area contributed by atoms with Gasteiger partial charge in [-0.25, -0.2) is 4.98 Å². The van der Waals surface area contributed by atoms with Gasteiger partial charge in [0.15, 0.2) is 0 Å². The van der Waals surface area contributed by atoms with Gasteiger partial charge in [0.05, 0.1) is 0 Å². The summed E-state index contributed by atoms with van der Waals surface area (Å²) in [4.78, 5) is 12.6. The monoisotopic (exact) mass is 370 g/mol. The molecular weight excluding hydrogens is 348 g/mol. The average Bonchev–Trinajstić information content (AvgIpc) is 3.22. The molecule has 0 atom stereocenters. The number of anilines is 2. The van der Waals surface area contributed by atoms with E-state index in [0.29, 0.717) is 5.75 Å². The van der Waals surface area contributed by atoms with Crippen molar-refractivity contribution in [3.8, 4) is 16.9 Å². The number of hydrogen-bond donors (Lipinski definition) is 2. The number of H-pyrrole nitrogens is 1. The molecule has 0 unspecified atom stereocenters. The summed E-state index contributed by atoms with van der Waals surface area (Å²) in [6.07, 6.45) is 3.87. The number of phenolic OH excluding ortho intramolecular Hbond substituents is 1. The number of nitrogens with zero attached hydrogens (tertiary/aromatic N) is 3. The number of aromatic amines is 1. The highest BCUT2D eigenvalue weighted by Crippen LogP contribution is 2.27. The number of hydrogen-bond acceptors (Lipinski definition) is 4. The van der Waals surface area contributed by atoms with Crippen LogP contribution in [-0.2, 0) is 0 Å². The number of aromatic nitrogens is 2. The fourth-order valence-electron chi connectivity index (χ4n) is 3.86. The normalized spacial score (nSPS) is 14.6. The van der Waals surface area contributed by atoms with Gasteiger partial charge in [-0.1, -0.05) is 12.1 Å². The van der Waals surface area contributed by atoms with E-state index >= 15 is 0 Å². The van der Waals surface area contributed by atoms with E-state index in [9.17, 15) is 5.11 Å². The van der Waals surface area contributed by atoms with Crippen molar-refractivity contribution >= 4 is 22.4 Å². The van der Waals surface area contributed by atoms with Crippen LogP contribution in [0, 0.1) is 0 Å². The first-order chi connectivity index (χ1) is 13.8. The summed E-state index contributed by atoms with van der Waals surface area (Å²) in [7, 11) is 0. The Bertz CT molecular complexity index is 1100. The van der Waals surface area contributed by atoms with Gasteiger partial charge in [-0.15, -0.1) is 0 Å². The molecule has 1 saturated heterocycles. The molecular formula is C23H22N4O. The van der Waals surface area contributed by atoms with E-state index in [2.05, 4.69) is 56.2 Å². The van der Waals surface area contributed by atoms with Gasteiger partial charge in [0.25, 0.3) is 0 Å². The third-order valence-electron chi connectivity index (χ3n) is 5.45. The van der Waals surface area contributed by atoms with Crippen LogP contribution in [0.1, 0.15) is 0 Å². The molecule has 1 aliphatic rings. The third kappa shape index (κ3) is 3.16. The highest BCUT2D eigenvalue weighted by atomic mass is 16.3. The largest absolute Gasteiger partial charge is 0.508 e. The number of aromatic hydroxyl groups is 1. The van der Waals surface area contributed by atoms with Crippen molar-refractivity contribution in [3.63, 3.8) is 0 Å². The molecule has 5 rings (SSSR count). The van der Waals surface area contributed by atoms with E-state index in [1.165, 1.54) is 16.5 Å². The molecule has 140 valence electrons. The number of benzene rings is 2. The number of fused-ring (bicyclic) bond motifs is 1.